The van der Waals surface area contributed by atoms with Gasteiger partial charge in [0, 0.05) is 12.6 Å². The van der Waals surface area contributed by atoms with Gasteiger partial charge in [0.1, 0.15) is 0 Å². The molecule has 4 atom stereocenters. The summed E-state index contributed by atoms with van der Waals surface area (Å²) >= 11 is 0. The van der Waals surface area contributed by atoms with E-state index in [0.717, 1.165) is 25.6 Å². The molecule has 0 amide bonds. The minimum absolute atomic E-state index is 0.110. The highest BCUT2D eigenvalue weighted by atomic mass is 31.1. The maximum Gasteiger partial charge on any atom is 0.0986 e. The number of aliphatic hydroxyl groups is 1. The summed E-state index contributed by atoms with van der Waals surface area (Å²) in [5.41, 5.74) is 1.07. The molecule has 4 fully saturated rings. The molecule has 4 heterocycles. The zero-order valence-corrected chi connectivity index (χ0v) is 11.2. The molecular weight excluding hydrogens is 245 g/mol. The van der Waals surface area contributed by atoms with Crippen LogP contribution < -0.4 is 0 Å². The van der Waals surface area contributed by atoms with E-state index in [1.54, 1.807) is 0 Å². The Morgan fingerprint density at radius 1 is 1.06 bits per heavy atom. The molecule has 0 aliphatic carbocycles. The van der Waals surface area contributed by atoms with E-state index in [4.69, 9.17) is 0 Å². The van der Waals surface area contributed by atoms with Crippen molar-refractivity contribution in [3.63, 3.8) is 0 Å². The largest absolute Gasteiger partial charge is 0.386 e. The average Bonchev–Trinajstić information content (AvgIpc) is 2.38. The number of nitrogens with zero attached hydrogens (tertiary/aromatic N) is 3. The molecule has 4 nitrogen and oxygen atoms in total. The van der Waals surface area contributed by atoms with Crippen LogP contribution in [-0.4, -0.2) is 58.2 Å². The van der Waals surface area contributed by atoms with Crippen LogP contribution in [0.4, 0.5) is 0 Å². The molecule has 4 saturated heterocycles. The van der Waals surface area contributed by atoms with Crippen LogP contribution in [0.15, 0.2) is 30.3 Å². The Morgan fingerprint density at radius 2 is 1.72 bits per heavy atom. The van der Waals surface area contributed by atoms with E-state index in [0.29, 0.717) is 5.78 Å². The summed E-state index contributed by atoms with van der Waals surface area (Å²) in [6.07, 6.45) is 2.09. The highest BCUT2D eigenvalue weighted by molar-refractivity contribution is 7.58. The fourth-order valence-electron chi connectivity index (χ4n) is 3.46. The van der Waals surface area contributed by atoms with Gasteiger partial charge in [0.15, 0.2) is 0 Å². The Hall–Kier alpha value is -0.510. The molecular formula is C13H18N3OP. The summed E-state index contributed by atoms with van der Waals surface area (Å²) in [6.45, 7) is 3.19. The van der Waals surface area contributed by atoms with Crippen LogP contribution in [0.25, 0.3) is 0 Å². The monoisotopic (exact) mass is 263 g/mol. The van der Waals surface area contributed by atoms with Gasteiger partial charge in [-0.15, -0.1) is 0 Å². The van der Waals surface area contributed by atoms with Crippen molar-refractivity contribution in [2.75, 3.05) is 32.6 Å². The van der Waals surface area contributed by atoms with Crippen LogP contribution >= 0.6 is 7.92 Å². The molecule has 0 spiro atoms. The summed E-state index contributed by atoms with van der Waals surface area (Å²) in [5, 5.41) is 10.7. The van der Waals surface area contributed by atoms with Crippen LogP contribution in [0.5, 0.6) is 0 Å². The van der Waals surface area contributed by atoms with E-state index < -0.39 is 0 Å². The van der Waals surface area contributed by atoms with E-state index in [1.165, 1.54) is 12.6 Å². The highest BCUT2D eigenvalue weighted by Crippen LogP contribution is 2.56. The summed E-state index contributed by atoms with van der Waals surface area (Å²) < 4.78 is 0. The summed E-state index contributed by atoms with van der Waals surface area (Å²) in [5.74, 6) is 0.357. The van der Waals surface area contributed by atoms with Crippen molar-refractivity contribution in [2.24, 2.45) is 0 Å². The predicted molar refractivity (Wildman–Crippen MR) is 72.0 cm³/mol. The summed E-state index contributed by atoms with van der Waals surface area (Å²) in [6, 6.07) is 10.1. The Bertz CT molecular complexity index is 413. The summed E-state index contributed by atoms with van der Waals surface area (Å²) in [7, 11) is -0.110. The molecule has 5 heteroatoms. The smallest absolute Gasteiger partial charge is 0.0986 e. The zero-order chi connectivity index (χ0) is 12.1. The molecule has 0 aromatic heterocycles. The van der Waals surface area contributed by atoms with Crippen LogP contribution in [0.1, 0.15) is 11.7 Å². The molecule has 4 bridgehead atoms. The molecule has 4 aliphatic rings. The van der Waals surface area contributed by atoms with E-state index >= 15 is 0 Å². The first-order valence-electron chi connectivity index (χ1n) is 6.47. The summed E-state index contributed by atoms with van der Waals surface area (Å²) in [4.78, 5) is 7.47. The molecule has 1 N–H and O–H groups in total. The second-order valence-corrected chi connectivity index (χ2v) is 7.77. The molecule has 0 saturated carbocycles. The lowest BCUT2D eigenvalue weighted by Gasteiger charge is -2.60. The molecule has 96 valence electrons. The standard InChI is InChI=1S/C13H18N3OP/c17-12(11-4-2-1-3-5-11)13-16-7-14-6-15(8-16)10-18(13)9-14/h1-5,12-13,17H,6-10H2/t12-,13+/m1/s1. The van der Waals surface area contributed by atoms with Crippen molar-refractivity contribution in [3.05, 3.63) is 35.9 Å². The molecule has 2 unspecified atom stereocenters. The maximum atomic E-state index is 10.7. The minimum Gasteiger partial charge on any atom is -0.386 e. The molecule has 1 aromatic carbocycles. The van der Waals surface area contributed by atoms with Gasteiger partial charge >= 0.3 is 0 Å². The molecule has 1 aromatic rings. The molecule has 5 rings (SSSR count). The van der Waals surface area contributed by atoms with Crippen LogP contribution in [0.3, 0.4) is 0 Å². The van der Waals surface area contributed by atoms with Gasteiger partial charge in [-0.05, 0) is 5.56 Å². The fourth-order valence-corrected chi connectivity index (χ4v) is 6.44. The number of benzene rings is 1. The van der Waals surface area contributed by atoms with E-state index in [-0.39, 0.29) is 14.0 Å². The topological polar surface area (TPSA) is 30.0 Å². The first-order chi connectivity index (χ1) is 8.81. The first-order valence-corrected chi connectivity index (χ1v) is 8.25. The average molecular weight is 263 g/mol. The minimum atomic E-state index is -0.320. The van der Waals surface area contributed by atoms with Crippen molar-refractivity contribution < 1.29 is 5.11 Å². The lowest BCUT2D eigenvalue weighted by Crippen LogP contribution is -2.66. The van der Waals surface area contributed by atoms with Crippen molar-refractivity contribution >= 4 is 7.92 Å². The Kier molecular flexibility index (Phi) is 2.68. The predicted octanol–water partition coefficient (Wildman–Crippen LogP) is 1.26. The van der Waals surface area contributed by atoms with Gasteiger partial charge in [-0.3, -0.25) is 14.7 Å². The van der Waals surface area contributed by atoms with E-state index in [1.807, 2.05) is 30.3 Å². The highest BCUT2D eigenvalue weighted by Gasteiger charge is 2.47. The second-order valence-electron chi connectivity index (χ2n) is 5.50. The third-order valence-corrected chi connectivity index (χ3v) is 6.98. The van der Waals surface area contributed by atoms with Crippen molar-refractivity contribution in [1.29, 1.82) is 0 Å². The number of rotatable bonds is 2. The fraction of sp³-hybridized carbons (Fsp3) is 0.538. The molecule has 4 aliphatic heterocycles. The van der Waals surface area contributed by atoms with Crippen molar-refractivity contribution in [2.45, 2.75) is 11.9 Å². The van der Waals surface area contributed by atoms with Crippen LogP contribution in [0.2, 0.25) is 0 Å². The number of hydrogen-bond donors (Lipinski definition) is 1. The van der Waals surface area contributed by atoms with E-state index in [9.17, 15) is 5.11 Å². The van der Waals surface area contributed by atoms with Crippen LogP contribution in [0, 0.1) is 0 Å². The van der Waals surface area contributed by atoms with Gasteiger partial charge in [0.2, 0.25) is 0 Å². The van der Waals surface area contributed by atoms with Crippen LogP contribution in [-0.2, 0) is 0 Å². The van der Waals surface area contributed by atoms with Gasteiger partial charge in [-0.1, -0.05) is 38.3 Å². The van der Waals surface area contributed by atoms with Gasteiger partial charge < -0.3 is 5.11 Å². The number of aliphatic hydroxyl groups excluding tert-OH is 1. The molecule has 0 radical (unpaired) electrons. The third-order valence-electron chi connectivity index (χ3n) is 4.10. The van der Waals surface area contributed by atoms with E-state index in [2.05, 4.69) is 14.7 Å². The molecule has 18 heavy (non-hydrogen) atoms. The lowest BCUT2D eigenvalue weighted by molar-refractivity contribution is -0.0708. The Morgan fingerprint density at radius 3 is 2.33 bits per heavy atom. The zero-order valence-electron chi connectivity index (χ0n) is 10.3. The maximum absolute atomic E-state index is 10.7. The van der Waals surface area contributed by atoms with Gasteiger partial charge in [0.05, 0.1) is 31.9 Å². The number of hydrogen-bond acceptors (Lipinski definition) is 4. The second kappa shape index (κ2) is 4.26. The Labute approximate surface area is 109 Å². The Balaban J connectivity index is 1.61. The quantitative estimate of drug-likeness (QED) is 0.814. The SMILES string of the molecule is O[C@H](c1ccccc1)[C@H]1N2CN3CN(C2)CP1C3. The van der Waals surface area contributed by atoms with Crippen molar-refractivity contribution in [3.8, 4) is 0 Å². The van der Waals surface area contributed by atoms with Gasteiger partial charge in [0.25, 0.3) is 0 Å². The third kappa shape index (κ3) is 1.72. The normalized spacial score (nSPS) is 43.1. The van der Waals surface area contributed by atoms with Crippen molar-refractivity contribution in [1.82, 2.24) is 14.7 Å². The van der Waals surface area contributed by atoms with Gasteiger partial charge in [-0.2, -0.15) is 0 Å². The lowest BCUT2D eigenvalue weighted by atomic mass is 10.1. The van der Waals surface area contributed by atoms with Gasteiger partial charge in [-0.25, -0.2) is 0 Å². The first kappa shape index (κ1) is 11.3.